The van der Waals surface area contributed by atoms with Crippen molar-refractivity contribution < 1.29 is 24.2 Å². The van der Waals surface area contributed by atoms with Gasteiger partial charge >= 0.3 is 11.4 Å². The van der Waals surface area contributed by atoms with Crippen molar-refractivity contribution in [1.29, 1.82) is 0 Å². The van der Waals surface area contributed by atoms with Gasteiger partial charge in [-0.05, 0) is 84.8 Å². The van der Waals surface area contributed by atoms with Gasteiger partial charge in [0.2, 0.25) is 17.6 Å². The number of halogens is 1. The van der Waals surface area contributed by atoms with E-state index in [1.54, 1.807) is 84.6 Å². The molecule has 2 fully saturated rings. The van der Waals surface area contributed by atoms with Crippen LogP contribution < -0.4 is 25.8 Å². The van der Waals surface area contributed by atoms with Crippen molar-refractivity contribution >= 4 is 56.7 Å². The van der Waals surface area contributed by atoms with Crippen LogP contribution in [0.1, 0.15) is 30.5 Å². The molecule has 4 atom stereocenters. The van der Waals surface area contributed by atoms with Crippen LogP contribution in [0.15, 0.2) is 94.0 Å². The molecule has 3 aromatic carbocycles. The van der Waals surface area contributed by atoms with Gasteiger partial charge < -0.3 is 14.6 Å². The number of allylic oxidation sites excluding steroid dienone is 3. The molecule has 290 valence electrons. The summed E-state index contributed by atoms with van der Waals surface area (Å²) in [5.41, 5.74) is 1.04. The SMILES string of the molecule is COc1cc(C=C[C@H]2C3=CCn4c(=O)n(-c5ccccc5)c(=O)n4[C@@H]3C[C@H]3C(=O)N(c4cc(-c5sc6ccc(Cl)cc6c5C)nn4C)C(=O)[C@@]23C)cc(OC)c1O. The van der Waals surface area contributed by atoms with Gasteiger partial charge in [0, 0.05) is 28.8 Å². The number of para-hydroxylation sites is 1. The van der Waals surface area contributed by atoms with Gasteiger partial charge in [-0.15, -0.1) is 11.3 Å². The fourth-order valence-corrected chi connectivity index (χ4v) is 10.2. The van der Waals surface area contributed by atoms with E-state index in [1.165, 1.54) is 28.5 Å². The van der Waals surface area contributed by atoms with Crippen molar-refractivity contribution in [3.63, 3.8) is 0 Å². The Kier molecular flexibility index (Phi) is 8.48. The Morgan fingerprint density at radius 3 is 2.40 bits per heavy atom. The maximum absolute atomic E-state index is 15.1. The number of methoxy groups -OCH3 is 2. The van der Waals surface area contributed by atoms with Crippen molar-refractivity contribution in [2.24, 2.45) is 24.3 Å². The number of fused-ring (bicyclic) bond motifs is 5. The first-order valence-electron chi connectivity index (χ1n) is 18.3. The summed E-state index contributed by atoms with van der Waals surface area (Å²) in [6.45, 7) is 3.89. The number of amides is 2. The largest absolute Gasteiger partial charge is 0.502 e. The van der Waals surface area contributed by atoms with Crippen LogP contribution in [0.25, 0.3) is 32.4 Å². The molecule has 0 radical (unpaired) electrons. The number of carbonyl (C=O) groups excluding carboxylic acids is 2. The second-order valence-corrected chi connectivity index (χ2v) is 16.2. The third kappa shape index (κ3) is 5.30. The lowest BCUT2D eigenvalue weighted by Gasteiger charge is -2.45. The summed E-state index contributed by atoms with van der Waals surface area (Å²) in [5, 5.41) is 17.0. The molecular weight excluding hydrogens is 768 g/mol. The molecule has 3 aromatic heterocycles. The average Bonchev–Trinajstić information content (AvgIpc) is 3.88. The zero-order valence-electron chi connectivity index (χ0n) is 31.6. The number of anilines is 1. The van der Waals surface area contributed by atoms with Crippen molar-refractivity contribution in [1.82, 2.24) is 23.7 Å². The number of imide groups is 1. The predicted octanol–water partition coefficient (Wildman–Crippen LogP) is 6.51. The van der Waals surface area contributed by atoms with Crippen LogP contribution in [0.2, 0.25) is 5.02 Å². The van der Waals surface area contributed by atoms with Gasteiger partial charge in [0.05, 0.1) is 48.7 Å². The van der Waals surface area contributed by atoms with Crippen LogP contribution in [-0.4, -0.2) is 54.9 Å². The van der Waals surface area contributed by atoms with Crippen LogP contribution in [0, 0.1) is 24.2 Å². The zero-order valence-corrected chi connectivity index (χ0v) is 33.2. The first kappa shape index (κ1) is 36.5. The third-order valence-electron chi connectivity index (χ3n) is 11.8. The number of aromatic hydroxyl groups is 1. The third-order valence-corrected chi connectivity index (χ3v) is 13.4. The van der Waals surface area contributed by atoms with Gasteiger partial charge in [0.1, 0.15) is 11.5 Å². The van der Waals surface area contributed by atoms with E-state index in [9.17, 15) is 19.5 Å². The quantitative estimate of drug-likeness (QED) is 0.142. The summed E-state index contributed by atoms with van der Waals surface area (Å²) < 4.78 is 17.4. The highest BCUT2D eigenvalue weighted by atomic mass is 35.5. The Hall–Kier alpha value is -6.12. The van der Waals surface area contributed by atoms with Crippen molar-refractivity contribution in [3.05, 3.63) is 122 Å². The molecule has 1 saturated carbocycles. The average molecular weight is 805 g/mol. The second kappa shape index (κ2) is 13.2. The van der Waals surface area contributed by atoms with Crippen molar-refractivity contribution in [3.8, 4) is 33.5 Å². The highest BCUT2D eigenvalue weighted by Crippen LogP contribution is 2.58. The maximum Gasteiger partial charge on any atom is 0.352 e. The van der Waals surface area contributed by atoms with E-state index in [4.69, 9.17) is 26.2 Å². The number of aryl methyl sites for hydroxylation is 2. The standard InChI is InChI=1S/C42H37ClN6O7S/c1-22-27-19-24(43)12-14-34(27)57-37(22)30-21-35(45(3)44-30)48-38(51)29-20-31-26(15-16-46-40(53)47(41(54)49(31)46)25-9-7-6-8-10-25)28(42(29,2)39(48)52)13-11-23-17-32(55-4)36(50)33(18-23)56-5/h6-15,17-19,21,28-29,31,50H,16,20H2,1-5H3/t28-,29-,31+,42-/m0/s1. The molecule has 13 nitrogen and oxygen atoms in total. The van der Waals surface area contributed by atoms with Gasteiger partial charge in [0.15, 0.2) is 11.5 Å². The Morgan fingerprint density at radius 2 is 1.70 bits per heavy atom. The van der Waals surface area contributed by atoms with Gasteiger partial charge in [-0.25, -0.2) is 28.4 Å². The fourth-order valence-electron chi connectivity index (χ4n) is 8.93. The second-order valence-electron chi connectivity index (χ2n) is 14.8. The number of aromatic nitrogens is 5. The van der Waals surface area contributed by atoms with Gasteiger partial charge in [-0.3, -0.25) is 14.3 Å². The maximum atomic E-state index is 15.1. The van der Waals surface area contributed by atoms with Gasteiger partial charge in [0.25, 0.3) is 0 Å². The van der Waals surface area contributed by atoms with E-state index < -0.39 is 46.5 Å². The summed E-state index contributed by atoms with van der Waals surface area (Å²) in [7, 11) is 4.58. The number of thiophene rings is 1. The minimum atomic E-state index is -1.30. The van der Waals surface area contributed by atoms with E-state index >= 15 is 4.79 Å². The van der Waals surface area contributed by atoms with E-state index in [1.807, 2.05) is 37.3 Å². The summed E-state index contributed by atoms with van der Waals surface area (Å²) >= 11 is 7.88. The lowest BCUT2D eigenvalue weighted by Crippen LogP contribution is -2.49. The number of phenolic OH excluding ortho intramolecular Hbond substituents is 1. The monoisotopic (exact) mass is 804 g/mol. The Balaban J connectivity index is 1.18. The van der Waals surface area contributed by atoms with Crippen molar-refractivity contribution in [2.75, 3.05) is 19.1 Å². The molecule has 2 aliphatic heterocycles. The van der Waals surface area contributed by atoms with E-state index in [-0.39, 0.29) is 30.2 Å². The van der Waals surface area contributed by atoms with E-state index in [0.29, 0.717) is 27.8 Å². The fraction of sp³-hybridized carbons (Fsp3) is 0.262. The molecule has 15 heteroatoms. The molecule has 6 aromatic rings. The Morgan fingerprint density at radius 1 is 0.982 bits per heavy atom. The molecule has 0 unspecified atom stereocenters. The number of benzene rings is 3. The molecule has 0 spiro atoms. The molecular formula is C42H37ClN6O7S. The van der Waals surface area contributed by atoms with Crippen LogP contribution in [0.5, 0.6) is 17.2 Å². The molecule has 1 saturated heterocycles. The summed E-state index contributed by atoms with van der Waals surface area (Å²) in [4.78, 5) is 60.2. The number of rotatable bonds is 7. The lowest BCUT2D eigenvalue weighted by molar-refractivity contribution is -0.129. The molecule has 9 rings (SSSR count). The van der Waals surface area contributed by atoms with Gasteiger partial charge in [-0.2, -0.15) is 5.10 Å². The normalized spacial score (nSPS) is 21.5. The molecule has 1 N–H and O–H groups in total. The smallest absolute Gasteiger partial charge is 0.352 e. The summed E-state index contributed by atoms with van der Waals surface area (Å²) in [5.74, 6) is -1.86. The van der Waals surface area contributed by atoms with Crippen molar-refractivity contribution in [2.45, 2.75) is 32.9 Å². The minimum absolute atomic E-state index is 0.0857. The highest BCUT2D eigenvalue weighted by Gasteiger charge is 2.65. The van der Waals surface area contributed by atoms with Crippen LogP contribution >= 0.6 is 22.9 Å². The Bertz CT molecular complexity index is 2840. The number of hydrogen-bond donors (Lipinski definition) is 1. The lowest BCUT2D eigenvalue weighted by atomic mass is 9.58. The van der Waals surface area contributed by atoms with E-state index in [2.05, 4.69) is 0 Å². The molecule has 57 heavy (non-hydrogen) atoms. The Labute approximate surface area is 334 Å². The number of phenols is 1. The van der Waals surface area contributed by atoms with Gasteiger partial charge in [-0.1, -0.05) is 48.0 Å². The topological polar surface area (TPSA) is 143 Å². The number of nitrogens with zero attached hydrogens (tertiary/aromatic N) is 6. The molecule has 1 aliphatic carbocycles. The first-order chi connectivity index (χ1) is 27.4. The molecule has 2 amide bonds. The molecule has 5 heterocycles. The summed E-state index contributed by atoms with van der Waals surface area (Å²) in [6, 6.07) is 18.8. The minimum Gasteiger partial charge on any atom is -0.502 e. The highest BCUT2D eigenvalue weighted by molar-refractivity contribution is 7.22. The molecule has 3 aliphatic rings. The number of ether oxygens (including phenoxy) is 2. The van der Waals surface area contributed by atoms with Crippen LogP contribution in [0.3, 0.4) is 0 Å². The van der Waals surface area contributed by atoms with Crippen LogP contribution in [0.4, 0.5) is 5.82 Å². The number of carbonyl (C=O) groups is 2. The molecule has 0 bridgehead atoms. The zero-order chi connectivity index (χ0) is 40.1. The first-order valence-corrected chi connectivity index (χ1v) is 19.5. The van der Waals surface area contributed by atoms with Crippen LogP contribution in [-0.2, 0) is 23.2 Å². The van der Waals surface area contributed by atoms with E-state index in [0.717, 1.165) is 30.7 Å². The predicted molar refractivity (Wildman–Crippen MR) is 218 cm³/mol. The number of hydrogen-bond acceptors (Lipinski definition) is 9. The summed E-state index contributed by atoms with van der Waals surface area (Å²) in [6.07, 6.45) is 5.65.